The van der Waals surface area contributed by atoms with Crippen molar-refractivity contribution >= 4 is 15.9 Å². The van der Waals surface area contributed by atoms with Gasteiger partial charge in [0.05, 0.1) is 5.56 Å². The van der Waals surface area contributed by atoms with E-state index in [1.165, 1.54) is 18.3 Å². The van der Waals surface area contributed by atoms with Crippen LogP contribution >= 0.6 is 15.9 Å². The van der Waals surface area contributed by atoms with Gasteiger partial charge in [0.2, 0.25) is 5.88 Å². The molecular formula is C14H12BrF3N2O. The van der Waals surface area contributed by atoms with Crippen molar-refractivity contribution in [1.29, 1.82) is 0 Å². The van der Waals surface area contributed by atoms with Gasteiger partial charge >= 0.3 is 6.18 Å². The maximum absolute atomic E-state index is 13.1. The smallest absolute Gasteiger partial charge is 0.419 e. The van der Waals surface area contributed by atoms with Crippen LogP contribution < -0.4 is 10.5 Å². The topological polar surface area (TPSA) is 48.1 Å². The highest BCUT2D eigenvalue weighted by Crippen LogP contribution is 2.38. The zero-order chi connectivity index (χ0) is 15.6. The molecule has 0 atom stereocenters. The summed E-state index contributed by atoms with van der Waals surface area (Å²) in [6, 6.07) is 5.29. The summed E-state index contributed by atoms with van der Waals surface area (Å²) in [6.07, 6.45) is -3.04. The van der Waals surface area contributed by atoms with Gasteiger partial charge in [0.1, 0.15) is 5.75 Å². The number of alkyl halides is 3. The molecule has 21 heavy (non-hydrogen) atoms. The number of hydrogen-bond donors (Lipinski definition) is 1. The first kappa shape index (κ1) is 15.8. The van der Waals surface area contributed by atoms with E-state index < -0.39 is 11.7 Å². The molecule has 1 aromatic carbocycles. The number of aromatic nitrogens is 1. The fourth-order valence-corrected chi connectivity index (χ4v) is 1.91. The van der Waals surface area contributed by atoms with Gasteiger partial charge in [-0.25, -0.2) is 4.98 Å². The predicted octanol–water partition coefficient (Wildman–Crippen LogP) is 4.42. The van der Waals surface area contributed by atoms with Gasteiger partial charge in [-0.15, -0.1) is 0 Å². The molecule has 112 valence electrons. The lowest BCUT2D eigenvalue weighted by Gasteiger charge is -2.14. The Morgan fingerprint density at radius 1 is 1.29 bits per heavy atom. The number of rotatable bonds is 3. The highest BCUT2D eigenvalue weighted by Gasteiger charge is 2.35. The van der Waals surface area contributed by atoms with Crippen molar-refractivity contribution in [3.63, 3.8) is 0 Å². The Kier molecular flexibility index (Phi) is 4.53. The molecule has 0 spiro atoms. The molecule has 2 N–H and O–H groups in total. The van der Waals surface area contributed by atoms with Crippen LogP contribution in [-0.2, 0) is 12.7 Å². The standard InChI is InChI=1S/C14H12BrF3N2O/c1-8-4-13(20-7-11(8)15)21-12-3-2-9(6-19)5-10(12)14(16,17)18/h2-5,7H,6,19H2,1H3. The lowest BCUT2D eigenvalue weighted by atomic mass is 10.1. The van der Waals surface area contributed by atoms with Crippen molar-refractivity contribution in [3.05, 3.63) is 51.6 Å². The van der Waals surface area contributed by atoms with Crippen molar-refractivity contribution in [2.75, 3.05) is 0 Å². The van der Waals surface area contributed by atoms with Crippen molar-refractivity contribution < 1.29 is 17.9 Å². The summed E-state index contributed by atoms with van der Waals surface area (Å²) in [6.45, 7) is 1.82. The van der Waals surface area contributed by atoms with E-state index >= 15 is 0 Å². The first-order chi connectivity index (χ1) is 9.81. The van der Waals surface area contributed by atoms with Crippen LogP contribution in [0.4, 0.5) is 13.2 Å². The van der Waals surface area contributed by atoms with Crippen LogP contribution in [0, 0.1) is 6.92 Å². The second kappa shape index (κ2) is 6.03. The molecule has 0 aliphatic heterocycles. The average molecular weight is 361 g/mol. The van der Waals surface area contributed by atoms with E-state index in [1.807, 2.05) is 0 Å². The molecule has 7 heteroatoms. The molecule has 1 aromatic heterocycles. The van der Waals surface area contributed by atoms with Gasteiger partial charge in [0, 0.05) is 23.3 Å². The number of nitrogens with two attached hydrogens (primary N) is 1. The van der Waals surface area contributed by atoms with E-state index in [-0.39, 0.29) is 18.2 Å². The minimum atomic E-state index is -4.52. The number of nitrogens with zero attached hydrogens (tertiary/aromatic N) is 1. The third-order valence-electron chi connectivity index (χ3n) is 2.82. The number of aryl methyl sites for hydroxylation is 1. The van der Waals surface area contributed by atoms with Crippen molar-refractivity contribution in [3.8, 4) is 11.6 Å². The summed E-state index contributed by atoms with van der Waals surface area (Å²) in [5.41, 5.74) is 5.70. The van der Waals surface area contributed by atoms with Crippen molar-refractivity contribution in [1.82, 2.24) is 4.98 Å². The molecule has 0 radical (unpaired) electrons. The van der Waals surface area contributed by atoms with Gasteiger partial charge < -0.3 is 10.5 Å². The molecule has 0 aliphatic carbocycles. The largest absolute Gasteiger partial charge is 0.438 e. The fourth-order valence-electron chi connectivity index (χ4n) is 1.70. The maximum atomic E-state index is 13.1. The normalized spacial score (nSPS) is 11.5. The van der Waals surface area contributed by atoms with E-state index in [1.54, 1.807) is 13.0 Å². The Hall–Kier alpha value is -1.60. The Bertz CT molecular complexity index is 659. The van der Waals surface area contributed by atoms with E-state index in [4.69, 9.17) is 10.5 Å². The molecule has 0 aliphatic rings. The summed E-state index contributed by atoms with van der Waals surface area (Å²) in [5, 5.41) is 0. The first-order valence-electron chi connectivity index (χ1n) is 6.01. The summed E-state index contributed by atoms with van der Waals surface area (Å²) in [4.78, 5) is 3.94. The second-order valence-electron chi connectivity index (χ2n) is 4.41. The van der Waals surface area contributed by atoms with Crippen LogP contribution in [0.25, 0.3) is 0 Å². The van der Waals surface area contributed by atoms with Gasteiger partial charge in [0.25, 0.3) is 0 Å². The molecule has 0 bridgehead atoms. The average Bonchev–Trinajstić information content (AvgIpc) is 2.42. The lowest BCUT2D eigenvalue weighted by Crippen LogP contribution is -2.09. The van der Waals surface area contributed by atoms with E-state index in [0.29, 0.717) is 5.56 Å². The Morgan fingerprint density at radius 3 is 2.57 bits per heavy atom. The van der Waals surface area contributed by atoms with Gasteiger partial charge in [-0.2, -0.15) is 13.2 Å². The van der Waals surface area contributed by atoms with Gasteiger partial charge in [-0.05, 0) is 46.1 Å². The number of pyridine rings is 1. The Morgan fingerprint density at radius 2 is 2.00 bits per heavy atom. The Balaban J connectivity index is 2.41. The molecule has 1 heterocycles. The molecular weight excluding hydrogens is 349 g/mol. The summed E-state index contributed by atoms with van der Waals surface area (Å²) < 4.78 is 45.2. The van der Waals surface area contributed by atoms with E-state index in [9.17, 15) is 13.2 Å². The van der Waals surface area contributed by atoms with Gasteiger partial charge in [0.15, 0.2) is 0 Å². The van der Waals surface area contributed by atoms with E-state index in [0.717, 1.165) is 16.1 Å². The molecule has 0 saturated carbocycles. The Labute approximate surface area is 128 Å². The molecule has 0 saturated heterocycles. The van der Waals surface area contributed by atoms with Crippen LogP contribution in [-0.4, -0.2) is 4.98 Å². The highest BCUT2D eigenvalue weighted by molar-refractivity contribution is 9.10. The van der Waals surface area contributed by atoms with Gasteiger partial charge in [-0.1, -0.05) is 6.07 Å². The summed E-state index contributed by atoms with van der Waals surface area (Å²) in [5.74, 6) is -0.198. The third-order valence-corrected chi connectivity index (χ3v) is 3.65. The SMILES string of the molecule is Cc1cc(Oc2ccc(CN)cc2C(F)(F)F)ncc1Br. The zero-order valence-electron chi connectivity index (χ0n) is 11.0. The third kappa shape index (κ3) is 3.74. The molecule has 0 unspecified atom stereocenters. The number of hydrogen-bond acceptors (Lipinski definition) is 3. The van der Waals surface area contributed by atoms with Gasteiger partial charge in [-0.3, -0.25) is 0 Å². The number of halogens is 4. The maximum Gasteiger partial charge on any atom is 0.419 e. The monoisotopic (exact) mass is 360 g/mol. The molecule has 0 fully saturated rings. The lowest BCUT2D eigenvalue weighted by molar-refractivity contribution is -0.138. The molecule has 2 rings (SSSR count). The highest BCUT2D eigenvalue weighted by atomic mass is 79.9. The van der Waals surface area contributed by atoms with Crippen molar-refractivity contribution in [2.45, 2.75) is 19.6 Å². The molecule has 2 aromatic rings. The van der Waals surface area contributed by atoms with Crippen LogP contribution in [0.5, 0.6) is 11.6 Å². The van der Waals surface area contributed by atoms with Crippen LogP contribution in [0.1, 0.15) is 16.7 Å². The fraction of sp³-hybridized carbons (Fsp3) is 0.214. The summed E-state index contributed by atoms with van der Waals surface area (Å²) >= 11 is 3.27. The first-order valence-corrected chi connectivity index (χ1v) is 6.80. The minimum absolute atomic E-state index is 0.0268. The minimum Gasteiger partial charge on any atom is -0.438 e. The van der Waals surface area contributed by atoms with E-state index in [2.05, 4.69) is 20.9 Å². The predicted molar refractivity (Wildman–Crippen MR) is 76.1 cm³/mol. The van der Waals surface area contributed by atoms with Crippen molar-refractivity contribution in [2.24, 2.45) is 5.73 Å². The second-order valence-corrected chi connectivity index (χ2v) is 5.26. The number of ether oxygens (including phenoxy) is 1. The number of benzene rings is 1. The summed E-state index contributed by atoms with van der Waals surface area (Å²) in [7, 11) is 0. The molecule has 0 amide bonds. The van der Waals surface area contributed by atoms with Crippen LogP contribution in [0.2, 0.25) is 0 Å². The van der Waals surface area contributed by atoms with Crippen LogP contribution in [0.3, 0.4) is 0 Å². The molecule has 3 nitrogen and oxygen atoms in total. The van der Waals surface area contributed by atoms with Crippen LogP contribution in [0.15, 0.2) is 34.9 Å². The zero-order valence-corrected chi connectivity index (χ0v) is 12.6. The quantitative estimate of drug-likeness (QED) is 0.880.